The lowest BCUT2D eigenvalue weighted by molar-refractivity contribution is 0.628. The van der Waals surface area contributed by atoms with Gasteiger partial charge in [0.05, 0.1) is 22.4 Å². The van der Waals surface area contributed by atoms with Crippen molar-refractivity contribution in [3.63, 3.8) is 0 Å². The van der Waals surface area contributed by atoms with E-state index in [0.717, 1.165) is 5.52 Å². The van der Waals surface area contributed by atoms with Crippen molar-refractivity contribution >= 4 is 22.6 Å². The van der Waals surface area contributed by atoms with E-state index in [0.29, 0.717) is 21.8 Å². The van der Waals surface area contributed by atoms with Crippen molar-refractivity contribution < 1.29 is 4.39 Å². The largest absolute Gasteiger partial charge is 0.252 e. The van der Waals surface area contributed by atoms with Crippen LogP contribution >= 0.6 is 11.6 Å². The first kappa shape index (κ1) is 11.1. The van der Waals surface area contributed by atoms with Crippen LogP contribution in [0.25, 0.3) is 22.3 Å². The van der Waals surface area contributed by atoms with E-state index in [4.69, 9.17) is 11.6 Å². The van der Waals surface area contributed by atoms with E-state index < -0.39 is 0 Å². The van der Waals surface area contributed by atoms with Gasteiger partial charge in [-0.05, 0) is 24.3 Å². The minimum atomic E-state index is -0.298. The molecule has 0 unspecified atom stereocenters. The number of hydrogen-bond acceptors (Lipinski definition) is 2. The quantitative estimate of drug-likeness (QED) is 0.657. The molecule has 0 saturated carbocycles. The molecule has 0 N–H and O–H groups in total. The van der Waals surface area contributed by atoms with E-state index in [-0.39, 0.29) is 5.82 Å². The summed E-state index contributed by atoms with van der Waals surface area (Å²) in [6.45, 7) is 0. The van der Waals surface area contributed by atoms with Crippen molar-refractivity contribution in [3.05, 3.63) is 59.5 Å². The fourth-order valence-electron chi connectivity index (χ4n) is 1.79. The van der Waals surface area contributed by atoms with Crippen LogP contribution in [0.5, 0.6) is 0 Å². The molecule has 0 radical (unpaired) electrons. The second-order valence-electron chi connectivity index (χ2n) is 3.87. The van der Waals surface area contributed by atoms with Gasteiger partial charge in [0.2, 0.25) is 0 Å². The van der Waals surface area contributed by atoms with Crippen molar-refractivity contribution in [3.8, 4) is 11.3 Å². The van der Waals surface area contributed by atoms with Crippen molar-refractivity contribution in [1.82, 2.24) is 9.97 Å². The topological polar surface area (TPSA) is 25.8 Å². The number of benzene rings is 2. The molecule has 1 aromatic heterocycles. The van der Waals surface area contributed by atoms with E-state index in [1.54, 1.807) is 24.4 Å². The summed E-state index contributed by atoms with van der Waals surface area (Å²) in [6, 6.07) is 11.7. The highest BCUT2D eigenvalue weighted by molar-refractivity contribution is 6.34. The second kappa shape index (κ2) is 4.35. The third-order valence-corrected chi connectivity index (χ3v) is 2.95. The minimum Gasteiger partial charge on any atom is -0.252 e. The highest BCUT2D eigenvalue weighted by Gasteiger charge is 2.05. The lowest BCUT2D eigenvalue weighted by Gasteiger charge is -2.03. The standard InChI is InChI=1S/C14H8ClFN2/c15-11-5-2-6-12-14(11)18-13(8-17-12)9-3-1-4-10(16)7-9/h1-8H. The molecule has 2 nitrogen and oxygen atoms in total. The van der Waals surface area contributed by atoms with Gasteiger partial charge < -0.3 is 0 Å². The first-order chi connectivity index (χ1) is 8.74. The van der Waals surface area contributed by atoms with Gasteiger partial charge in [0.25, 0.3) is 0 Å². The summed E-state index contributed by atoms with van der Waals surface area (Å²) in [7, 11) is 0. The molecule has 0 spiro atoms. The van der Waals surface area contributed by atoms with Crippen LogP contribution in [0.2, 0.25) is 5.02 Å². The maximum atomic E-state index is 13.2. The summed E-state index contributed by atoms with van der Waals surface area (Å²) in [5, 5.41) is 0.540. The van der Waals surface area contributed by atoms with E-state index >= 15 is 0 Å². The summed E-state index contributed by atoms with van der Waals surface area (Å²) >= 11 is 6.07. The maximum Gasteiger partial charge on any atom is 0.123 e. The summed E-state index contributed by atoms with van der Waals surface area (Å²) in [5.41, 5.74) is 2.64. The predicted octanol–water partition coefficient (Wildman–Crippen LogP) is 4.09. The van der Waals surface area contributed by atoms with E-state index in [1.807, 2.05) is 12.1 Å². The van der Waals surface area contributed by atoms with Gasteiger partial charge in [0.15, 0.2) is 0 Å². The first-order valence-electron chi connectivity index (χ1n) is 5.41. The average Bonchev–Trinajstić information content (AvgIpc) is 2.39. The Labute approximate surface area is 108 Å². The van der Waals surface area contributed by atoms with E-state index in [9.17, 15) is 4.39 Å². The molecule has 4 heteroatoms. The van der Waals surface area contributed by atoms with Crippen molar-refractivity contribution in [2.24, 2.45) is 0 Å². The molecule has 0 bridgehead atoms. The Bertz CT molecular complexity index is 728. The number of aromatic nitrogens is 2. The molecule has 3 aromatic rings. The number of rotatable bonds is 1. The molecule has 0 aliphatic heterocycles. The Morgan fingerprint density at radius 1 is 1.06 bits per heavy atom. The Balaban J connectivity index is 2.22. The molecule has 2 aromatic carbocycles. The molecule has 0 fully saturated rings. The Hall–Kier alpha value is -2.00. The number of fused-ring (bicyclic) bond motifs is 1. The molecule has 0 aliphatic rings. The zero-order valence-corrected chi connectivity index (χ0v) is 10.0. The van der Waals surface area contributed by atoms with Crippen molar-refractivity contribution in [2.45, 2.75) is 0 Å². The Morgan fingerprint density at radius 3 is 2.72 bits per heavy atom. The van der Waals surface area contributed by atoms with E-state index in [1.165, 1.54) is 12.1 Å². The highest BCUT2D eigenvalue weighted by atomic mass is 35.5. The lowest BCUT2D eigenvalue weighted by Crippen LogP contribution is -1.89. The molecule has 0 atom stereocenters. The summed E-state index contributed by atoms with van der Waals surface area (Å²) < 4.78 is 13.2. The summed E-state index contributed by atoms with van der Waals surface area (Å²) in [6.07, 6.45) is 1.62. The van der Waals surface area contributed by atoms with Crippen molar-refractivity contribution in [2.75, 3.05) is 0 Å². The molecule has 0 aliphatic carbocycles. The molecular weight excluding hydrogens is 251 g/mol. The zero-order valence-electron chi connectivity index (χ0n) is 9.27. The normalized spacial score (nSPS) is 10.8. The number of halogens is 2. The molecular formula is C14H8ClFN2. The van der Waals surface area contributed by atoms with E-state index in [2.05, 4.69) is 9.97 Å². The van der Waals surface area contributed by atoms with Crippen LogP contribution in [0.4, 0.5) is 4.39 Å². The maximum absolute atomic E-state index is 13.2. The SMILES string of the molecule is Fc1cccc(-c2cnc3cccc(Cl)c3n2)c1. The lowest BCUT2D eigenvalue weighted by atomic mass is 10.1. The summed E-state index contributed by atoms with van der Waals surface area (Å²) in [4.78, 5) is 8.70. The Kier molecular flexibility index (Phi) is 2.68. The van der Waals surface area contributed by atoms with Crippen LogP contribution in [0.15, 0.2) is 48.7 Å². The van der Waals surface area contributed by atoms with Gasteiger partial charge in [-0.1, -0.05) is 29.8 Å². The number of nitrogens with zero attached hydrogens (tertiary/aromatic N) is 2. The minimum absolute atomic E-state index is 0.298. The summed E-state index contributed by atoms with van der Waals surface area (Å²) in [5.74, 6) is -0.298. The fourth-order valence-corrected chi connectivity index (χ4v) is 2.00. The van der Waals surface area contributed by atoms with Gasteiger partial charge in [-0.2, -0.15) is 0 Å². The van der Waals surface area contributed by atoms with Gasteiger partial charge in [-0.15, -0.1) is 0 Å². The smallest absolute Gasteiger partial charge is 0.123 e. The predicted molar refractivity (Wildman–Crippen MR) is 69.9 cm³/mol. The molecule has 88 valence electrons. The van der Waals surface area contributed by atoms with Gasteiger partial charge in [-0.3, -0.25) is 4.98 Å². The van der Waals surface area contributed by atoms with Gasteiger partial charge in [0, 0.05) is 5.56 Å². The van der Waals surface area contributed by atoms with Crippen LogP contribution in [-0.4, -0.2) is 9.97 Å². The average molecular weight is 259 g/mol. The van der Waals surface area contributed by atoms with Crippen LogP contribution in [0.1, 0.15) is 0 Å². The Morgan fingerprint density at radius 2 is 1.89 bits per heavy atom. The number of hydrogen-bond donors (Lipinski definition) is 0. The highest BCUT2D eigenvalue weighted by Crippen LogP contribution is 2.24. The van der Waals surface area contributed by atoms with Gasteiger partial charge in [0.1, 0.15) is 11.3 Å². The molecule has 1 heterocycles. The van der Waals surface area contributed by atoms with Crippen LogP contribution in [0, 0.1) is 5.82 Å². The molecule has 18 heavy (non-hydrogen) atoms. The molecule has 3 rings (SSSR count). The fraction of sp³-hybridized carbons (Fsp3) is 0. The zero-order chi connectivity index (χ0) is 12.5. The molecule has 0 saturated heterocycles. The second-order valence-corrected chi connectivity index (χ2v) is 4.28. The van der Waals surface area contributed by atoms with Gasteiger partial charge >= 0.3 is 0 Å². The van der Waals surface area contributed by atoms with Crippen molar-refractivity contribution in [1.29, 1.82) is 0 Å². The molecule has 0 amide bonds. The van der Waals surface area contributed by atoms with Crippen LogP contribution < -0.4 is 0 Å². The number of para-hydroxylation sites is 1. The third-order valence-electron chi connectivity index (χ3n) is 2.64. The van der Waals surface area contributed by atoms with Gasteiger partial charge in [-0.25, -0.2) is 9.37 Å². The van der Waals surface area contributed by atoms with Crippen LogP contribution in [-0.2, 0) is 0 Å². The monoisotopic (exact) mass is 258 g/mol. The van der Waals surface area contributed by atoms with Crippen LogP contribution in [0.3, 0.4) is 0 Å². The third kappa shape index (κ3) is 1.93. The first-order valence-corrected chi connectivity index (χ1v) is 5.79.